The summed E-state index contributed by atoms with van der Waals surface area (Å²) in [5.74, 6) is 2.97. The normalized spacial score (nSPS) is 18.1. The van der Waals surface area contributed by atoms with Crippen LogP contribution in [-0.4, -0.2) is 48.2 Å². The van der Waals surface area contributed by atoms with Crippen LogP contribution in [0.2, 0.25) is 0 Å². The highest BCUT2D eigenvalue weighted by molar-refractivity contribution is 5.76. The third-order valence-corrected chi connectivity index (χ3v) is 4.72. The van der Waals surface area contributed by atoms with E-state index in [1.807, 2.05) is 36.5 Å². The molecule has 130 valence electrons. The lowest BCUT2D eigenvalue weighted by Crippen LogP contribution is -2.41. The summed E-state index contributed by atoms with van der Waals surface area (Å²) < 4.78 is 4.08. The fourth-order valence-electron chi connectivity index (χ4n) is 3.46. The molecule has 1 amide bonds. The fourth-order valence-corrected chi connectivity index (χ4v) is 3.46. The molecule has 0 unspecified atom stereocenters. The maximum atomic E-state index is 12.5. The minimum atomic E-state index is 0.243. The number of imidazole rings is 1. The van der Waals surface area contributed by atoms with E-state index in [1.54, 1.807) is 6.20 Å². The zero-order valence-electron chi connectivity index (χ0n) is 14.8. The van der Waals surface area contributed by atoms with Crippen molar-refractivity contribution in [2.75, 3.05) is 13.1 Å². The summed E-state index contributed by atoms with van der Waals surface area (Å²) >= 11 is 0. The van der Waals surface area contributed by atoms with Gasteiger partial charge in [0.05, 0.1) is 6.04 Å². The monoisotopic (exact) mass is 330 g/mol. The highest BCUT2D eigenvalue weighted by Crippen LogP contribution is 2.22. The van der Waals surface area contributed by atoms with E-state index < -0.39 is 0 Å². The summed E-state index contributed by atoms with van der Waals surface area (Å²) in [4.78, 5) is 23.1. The standard InChI is InChI=1S/C17H26N6O/c1-13-19-15(3)23(20-13)16-6-4-10-22(12-16)17(24)7-5-9-21-11-8-18-14(21)2/h8,11,16H,4-7,9-10,12H2,1-3H3/t16-/m1/s1. The number of aryl methyl sites for hydroxylation is 4. The number of nitrogens with zero attached hydrogens (tertiary/aromatic N) is 6. The lowest BCUT2D eigenvalue weighted by Gasteiger charge is -2.33. The van der Waals surface area contributed by atoms with E-state index in [1.165, 1.54) is 0 Å². The molecule has 3 rings (SSSR count). The predicted octanol–water partition coefficient (Wildman–Crippen LogP) is 2.04. The van der Waals surface area contributed by atoms with Gasteiger partial charge in [0.1, 0.15) is 17.5 Å². The molecule has 1 atom stereocenters. The molecule has 1 fully saturated rings. The molecule has 7 nitrogen and oxygen atoms in total. The molecule has 0 radical (unpaired) electrons. The molecule has 3 heterocycles. The fraction of sp³-hybridized carbons (Fsp3) is 0.647. The number of hydrogen-bond donors (Lipinski definition) is 0. The average Bonchev–Trinajstić information content (AvgIpc) is 3.12. The van der Waals surface area contributed by atoms with E-state index in [4.69, 9.17) is 0 Å². The molecule has 0 N–H and O–H groups in total. The molecule has 0 saturated carbocycles. The van der Waals surface area contributed by atoms with Gasteiger partial charge in [0.15, 0.2) is 0 Å². The van der Waals surface area contributed by atoms with E-state index in [-0.39, 0.29) is 11.9 Å². The molecule has 1 aliphatic rings. The highest BCUT2D eigenvalue weighted by atomic mass is 16.2. The molecule has 0 bridgehead atoms. The number of likely N-dealkylation sites (tertiary alicyclic amines) is 1. The van der Waals surface area contributed by atoms with E-state index >= 15 is 0 Å². The van der Waals surface area contributed by atoms with Crippen LogP contribution in [0.15, 0.2) is 12.4 Å². The Kier molecular flexibility index (Phi) is 4.97. The summed E-state index contributed by atoms with van der Waals surface area (Å²) in [5.41, 5.74) is 0. The maximum absolute atomic E-state index is 12.5. The zero-order valence-corrected chi connectivity index (χ0v) is 14.8. The van der Waals surface area contributed by atoms with E-state index in [0.29, 0.717) is 6.42 Å². The van der Waals surface area contributed by atoms with Gasteiger partial charge < -0.3 is 9.47 Å². The average molecular weight is 330 g/mol. The van der Waals surface area contributed by atoms with Gasteiger partial charge in [0, 0.05) is 38.4 Å². The van der Waals surface area contributed by atoms with Crippen molar-refractivity contribution in [1.29, 1.82) is 0 Å². The largest absolute Gasteiger partial charge is 0.341 e. The van der Waals surface area contributed by atoms with Gasteiger partial charge in [-0.1, -0.05) is 0 Å². The topological polar surface area (TPSA) is 68.8 Å². The van der Waals surface area contributed by atoms with Gasteiger partial charge in [-0.3, -0.25) is 4.79 Å². The van der Waals surface area contributed by atoms with Crippen molar-refractivity contribution in [3.05, 3.63) is 29.9 Å². The molecule has 0 spiro atoms. The quantitative estimate of drug-likeness (QED) is 0.841. The van der Waals surface area contributed by atoms with Crippen LogP contribution >= 0.6 is 0 Å². The van der Waals surface area contributed by atoms with Gasteiger partial charge in [-0.15, -0.1) is 0 Å². The van der Waals surface area contributed by atoms with Crippen LogP contribution in [0, 0.1) is 20.8 Å². The molecule has 1 saturated heterocycles. The Morgan fingerprint density at radius 3 is 2.79 bits per heavy atom. The third kappa shape index (κ3) is 3.66. The first-order valence-electron chi connectivity index (χ1n) is 8.70. The zero-order chi connectivity index (χ0) is 17.1. The minimum Gasteiger partial charge on any atom is -0.341 e. The van der Waals surface area contributed by atoms with Crippen LogP contribution in [0.1, 0.15) is 49.2 Å². The third-order valence-electron chi connectivity index (χ3n) is 4.72. The first-order chi connectivity index (χ1) is 11.5. The molecule has 24 heavy (non-hydrogen) atoms. The van der Waals surface area contributed by atoms with Crippen molar-refractivity contribution in [1.82, 2.24) is 29.2 Å². The van der Waals surface area contributed by atoms with Crippen molar-refractivity contribution in [3.63, 3.8) is 0 Å². The van der Waals surface area contributed by atoms with Gasteiger partial charge >= 0.3 is 0 Å². The van der Waals surface area contributed by atoms with E-state index in [2.05, 4.69) is 19.6 Å². The van der Waals surface area contributed by atoms with Crippen LogP contribution < -0.4 is 0 Å². The molecular formula is C17H26N6O. The number of amides is 1. The van der Waals surface area contributed by atoms with E-state index in [9.17, 15) is 4.79 Å². The molecule has 7 heteroatoms. The van der Waals surface area contributed by atoms with Crippen molar-refractivity contribution in [2.45, 2.75) is 59.0 Å². The smallest absolute Gasteiger partial charge is 0.222 e. The summed E-state index contributed by atoms with van der Waals surface area (Å²) in [5, 5.41) is 4.49. The highest BCUT2D eigenvalue weighted by Gasteiger charge is 2.26. The van der Waals surface area contributed by atoms with Crippen LogP contribution in [-0.2, 0) is 11.3 Å². The van der Waals surface area contributed by atoms with Gasteiger partial charge in [-0.2, -0.15) is 5.10 Å². The molecule has 2 aromatic rings. The Morgan fingerprint density at radius 1 is 1.29 bits per heavy atom. The molecule has 0 aliphatic carbocycles. The second-order valence-electron chi connectivity index (χ2n) is 6.56. The Bertz CT molecular complexity index is 704. The summed E-state index contributed by atoms with van der Waals surface area (Å²) in [7, 11) is 0. The van der Waals surface area contributed by atoms with Gasteiger partial charge in [-0.25, -0.2) is 14.6 Å². The Morgan fingerprint density at radius 2 is 2.12 bits per heavy atom. The minimum absolute atomic E-state index is 0.243. The second-order valence-corrected chi connectivity index (χ2v) is 6.56. The number of carbonyl (C=O) groups is 1. The molecule has 1 aliphatic heterocycles. The van der Waals surface area contributed by atoms with Gasteiger partial charge in [-0.05, 0) is 40.0 Å². The van der Waals surface area contributed by atoms with Crippen LogP contribution in [0.25, 0.3) is 0 Å². The summed E-state index contributed by atoms with van der Waals surface area (Å²) in [6.07, 6.45) is 7.27. The number of hydrogen-bond acceptors (Lipinski definition) is 4. The molecule has 0 aromatic carbocycles. The molecule has 2 aromatic heterocycles. The predicted molar refractivity (Wildman–Crippen MR) is 90.5 cm³/mol. The maximum Gasteiger partial charge on any atom is 0.222 e. The summed E-state index contributed by atoms with van der Waals surface area (Å²) in [6, 6.07) is 0.250. The number of carbonyl (C=O) groups excluding carboxylic acids is 1. The lowest BCUT2D eigenvalue weighted by atomic mass is 10.1. The first-order valence-corrected chi connectivity index (χ1v) is 8.70. The van der Waals surface area contributed by atoms with Crippen molar-refractivity contribution < 1.29 is 4.79 Å². The van der Waals surface area contributed by atoms with E-state index in [0.717, 1.165) is 56.4 Å². The van der Waals surface area contributed by atoms with Gasteiger partial charge in [0.2, 0.25) is 5.91 Å². The lowest BCUT2D eigenvalue weighted by molar-refractivity contribution is -0.133. The van der Waals surface area contributed by atoms with Crippen LogP contribution in [0.3, 0.4) is 0 Å². The number of rotatable bonds is 5. The summed E-state index contributed by atoms with van der Waals surface area (Å²) in [6.45, 7) is 8.32. The van der Waals surface area contributed by atoms with Crippen molar-refractivity contribution >= 4 is 5.91 Å². The SMILES string of the molecule is Cc1nc(C)n([C@@H]2CCCN(C(=O)CCCn3ccnc3C)C2)n1. The number of piperidine rings is 1. The Hall–Kier alpha value is -2.18. The Labute approximate surface area is 142 Å². The molecular weight excluding hydrogens is 304 g/mol. The Balaban J connectivity index is 1.53. The number of aromatic nitrogens is 5. The van der Waals surface area contributed by atoms with Crippen LogP contribution in [0.4, 0.5) is 0 Å². The first kappa shape index (κ1) is 16.7. The van der Waals surface area contributed by atoms with Crippen LogP contribution in [0.5, 0.6) is 0 Å². The van der Waals surface area contributed by atoms with Crippen molar-refractivity contribution in [2.24, 2.45) is 0 Å². The second kappa shape index (κ2) is 7.15. The van der Waals surface area contributed by atoms with Crippen molar-refractivity contribution in [3.8, 4) is 0 Å². The van der Waals surface area contributed by atoms with Gasteiger partial charge in [0.25, 0.3) is 0 Å².